The smallest absolute Gasteiger partial charge is 0.130 e. The van der Waals surface area contributed by atoms with E-state index < -0.39 is 0 Å². The lowest BCUT2D eigenvalue weighted by molar-refractivity contribution is 0.154. The van der Waals surface area contributed by atoms with Crippen LogP contribution in [-0.4, -0.2) is 29.9 Å². The summed E-state index contributed by atoms with van der Waals surface area (Å²) in [6.45, 7) is 0. The lowest BCUT2D eigenvalue weighted by Crippen LogP contribution is -2.33. The Balaban J connectivity index is 1.76. The van der Waals surface area contributed by atoms with Crippen molar-refractivity contribution in [2.75, 3.05) is 0 Å². The topological polar surface area (TPSA) is 68.8 Å². The van der Waals surface area contributed by atoms with Gasteiger partial charge in [-0.1, -0.05) is 35.2 Å². The fourth-order valence-corrected chi connectivity index (χ4v) is 3.01. The molecule has 0 saturated heterocycles. The van der Waals surface area contributed by atoms with Crippen molar-refractivity contribution >= 4 is 11.0 Å². The fraction of sp³-hybridized carbons (Fsp3) is 0.188. The highest BCUT2D eigenvalue weighted by molar-refractivity contribution is 5.74. The molecule has 22 heavy (non-hydrogen) atoms. The Morgan fingerprint density at radius 3 is 3.00 bits per heavy atom. The van der Waals surface area contributed by atoms with Crippen LogP contribution in [0, 0.1) is 0 Å². The van der Waals surface area contributed by atoms with Crippen molar-refractivity contribution in [3.63, 3.8) is 0 Å². The molecule has 0 aliphatic heterocycles. The normalized spacial score (nSPS) is 20.7. The number of nitrogens with zero attached hydrogens (tertiary/aromatic N) is 5. The first-order valence-electron chi connectivity index (χ1n) is 7.13. The van der Waals surface area contributed by atoms with Crippen molar-refractivity contribution < 1.29 is 5.21 Å². The van der Waals surface area contributed by atoms with Crippen LogP contribution in [0.2, 0.25) is 0 Å². The molecule has 0 fully saturated rings. The summed E-state index contributed by atoms with van der Waals surface area (Å²) in [4.78, 5) is 5.00. The maximum absolute atomic E-state index is 9.69. The molecule has 1 aliphatic carbocycles. The van der Waals surface area contributed by atoms with Gasteiger partial charge in [0.05, 0.1) is 11.9 Å². The van der Waals surface area contributed by atoms with Gasteiger partial charge in [-0.15, -0.1) is 5.10 Å². The molecule has 2 heterocycles. The van der Waals surface area contributed by atoms with Crippen LogP contribution in [0.4, 0.5) is 0 Å². The van der Waals surface area contributed by atoms with Crippen LogP contribution >= 0.6 is 0 Å². The summed E-state index contributed by atoms with van der Waals surface area (Å²) in [7, 11) is 0. The van der Waals surface area contributed by atoms with Crippen LogP contribution < -0.4 is 0 Å². The first-order valence-corrected chi connectivity index (χ1v) is 7.13. The van der Waals surface area contributed by atoms with Crippen LogP contribution in [0.25, 0.3) is 11.0 Å². The molecule has 110 valence electrons. The predicted molar refractivity (Wildman–Crippen MR) is 81.5 cm³/mol. The second-order valence-electron chi connectivity index (χ2n) is 5.54. The fourth-order valence-electron chi connectivity index (χ4n) is 3.01. The van der Waals surface area contributed by atoms with Gasteiger partial charge in [0, 0.05) is 18.8 Å². The van der Waals surface area contributed by atoms with E-state index in [1.54, 1.807) is 6.20 Å². The van der Waals surface area contributed by atoms with Crippen LogP contribution in [0.3, 0.4) is 0 Å². The first kappa shape index (κ1) is 12.8. The Hall–Kier alpha value is -2.89. The third-order valence-electron chi connectivity index (χ3n) is 4.15. The van der Waals surface area contributed by atoms with Gasteiger partial charge in [-0.05, 0) is 29.3 Å². The Morgan fingerprint density at radius 2 is 2.23 bits per heavy atom. The molecular formula is C16H15N5O. The third-order valence-corrected chi connectivity index (χ3v) is 4.15. The summed E-state index contributed by atoms with van der Waals surface area (Å²) in [6, 6.07) is 5.84. The molecule has 0 saturated carbocycles. The summed E-state index contributed by atoms with van der Waals surface area (Å²) < 4.78 is 2.13. The van der Waals surface area contributed by atoms with E-state index in [1.807, 2.05) is 30.7 Å². The zero-order valence-electron chi connectivity index (χ0n) is 11.9. The Bertz CT molecular complexity index is 862. The molecule has 4 rings (SSSR count). The highest BCUT2D eigenvalue weighted by Gasteiger charge is 2.29. The van der Waals surface area contributed by atoms with Crippen molar-refractivity contribution in [1.29, 1.82) is 0 Å². The van der Waals surface area contributed by atoms with Crippen molar-refractivity contribution in [2.24, 2.45) is 0 Å². The second kappa shape index (κ2) is 4.84. The van der Waals surface area contributed by atoms with Crippen molar-refractivity contribution in [1.82, 2.24) is 24.7 Å². The van der Waals surface area contributed by atoms with Crippen LogP contribution in [0.5, 0.6) is 0 Å². The first-order chi connectivity index (χ1) is 10.8. The van der Waals surface area contributed by atoms with E-state index in [4.69, 9.17) is 0 Å². The van der Waals surface area contributed by atoms with E-state index in [2.05, 4.69) is 44.2 Å². The SMILES string of the molecule is On1nnc2ccc(CC3(n4ccnc4)C=CC=CC3)cc21. The molecule has 6 heteroatoms. The number of benzene rings is 1. The van der Waals surface area contributed by atoms with Crippen LogP contribution in [-0.2, 0) is 12.0 Å². The minimum atomic E-state index is -0.174. The minimum Gasteiger partial charge on any atom is -0.410 e. The quantitative estimate of drug-likeness (QED) is 0.752. The monoisotopic (exact) mass is 293 g/mol. The number of hydrogen-bond donors (Lipinski definition) is 1. The van der Waals surface area contributed by atoms with Gasteiger partial charge < -0.3 is 9.77 Å². The molecule has 0 bridgehead atoms. The van der Waals surface area contributed by atoms with Gasteiger partial charge in [0.15, 0.2) is 0 Å². The average Bonchev–Trinajstić information content (AvgIpc) is 3.19. The van der Waals surface area contributed by atoms with Gasteiger partial charge in [-0.2, -0.15) is 0 Å². The summed E-state index contributed by atoms with van der Waals surface area (Å²) in [5, 5.41) is 17.2. The summed E-state index contributed by atoms with van der Waals surface area (Å²) in [5.41, 5.74) is 2.24. The molecular weight excluding hydrogens is 278 g/mol. The van der Waals surface area contributed by atoms with Gasteiger partial charge in [-0.3, -0.25) is 0 Å². The second-order valence-corrected chi connectivity index (χ2v) is 5.54. The largest absolute Gasteiger partial charge is 0.410 e. The predicted octanol–water partition coefficient (Wildman–Crippen LogP) is 2.32. The molecule has 1 N–H and O–H groups in total. The van der Waals surface area contributed by atoms with E-state index in [-0.39, 0.29) is 5.54 Å². The number of allylic oxidation sites excluding steroid dienone is 4. The number of hydrogen-bond acceptors (Lipinski definition) is 4. The summed E-state index contributed by atoms with van der Waals surface area (Å²) in [5.74, 6) is 0. The number of imidazole rings is 1. The maximum atomic E-state index is 9.69. The molecule has 0 spiro atoms. The molecule has 3 aromatic rings. The molecule has 1 atom stereocenters. The molecule has 6 nitrogen and oxygen atoms in total. The lowest BCUT2D eigenvalue weighted by atomic mass is 9.84. The zero-order chi connectivity index (χ0) is 15.0. The average molecular weight is 293 g/mol. The van der Waals surface area contributed by atoms with E-state index in [1.165, 1.54) is 0 Å². The third kappa shape index (κ3) is 2.00. The van der Waals surface area contributed by atoms with E-state index in [0.29, 0.717) is 11.0 Å². The zero-order valence-corrected chi connectivity index (χ0v) is 11.9. The number of fused-ring (bicyclic) bond motifs is 1. The molecule has 1 unspecified atom stereocenters. The van der Waals surface area contributed by atoms with Gasteiger partial charge >= 0.3 is 0 Å². The molecule has 2 aromatic heterocycles. The highest BCUT2D eigenvalue weighted by Crippen LogP contribution is 2.31. The van der Waals surface area contributed by atoms with Gasteiger partial charge in [-0.25, -0.2) is 4.98 Å². The van der Waals surface area contributed by atoms with Crippen LogP contribution in [0.15, 0.2) is 61.2 Å². The van der Waals surface area contributed by atoms with E-state index in [0.717, 1.165) is 23.3 Å². The molecule has 1 aliphatic rings. The summed E-state index contributed by atoms with van der Waals surface area (Å²) >= 11 is 0. The Labute approximate surface area is 127 Å². The summed E-state index contributed by atoms with van der Waals surface area (Å²) in [6.07, 6.45) is 15.8. The minimum absolute atomic E-state index is 0.174. The van der Waals surface area contributed by atoms with Crippen molar-refractivity contribution in [3.8, 4) is 0 Å². The Morgan fingerprint density at radius 1 is 1.27 bits per heavy atom. The molecule has 1 aromatic carbocycles. The van der Waals surface area contributed by atoms with Gasteiger partial charge in [0.1, 0.15) is 11.0 Å². The van der Waals surface area contributed by atoms with Gasteiger partial charge in [0.25, 0.3) is 0 Å². The lowest BCUT2D eigenvalue weighted by Gasteiger charge is -2.33. The maximum Gasteiger partial charge on any atom is 0.130 e. The van der Waals surface area contributed by atoms with E-state index >= 15 is 0 Å². The highest BCUT2D eigenvalue weighted by atomic mass is 16.5. The van der Waals surface area contributed by atoms with Crippen molar-refractivity contribution in [2.45, 2.75) is 18.4 Å². The number of rotatable bonds is 3. The van der Waals surface area contributed by atoms with Crippen molar-refractivity contribution in [3.05, 3.63) is 66.8 Å². The van der Waals surface area contributed by atoms with Gasteiger partial charge in [0.2, 0.25) is 0 Å². The molecule has 0 amide bonds. The Kier molecular flexibility index (Phi) is 2.82. The standard InChI is InChI=1S/C16H15N5O/c22-21-15-10-13(4-5-14(15)18-19-21)11-16(6-2-1-3-7-16)20-9-8-17-12-20/h1-6,8-10,12,22H,7,11H2. The number of aromatic nitrogens is 5. The van der Waals surface area contributed by atoms with E-state index in [9.17, 15) is 5.21 Å². The van der Waals surface area contributed by atoms with Crippen LogP contribution in [0.1, 0.15) is 12.0 Å². The molecule has 0 radical (unpaired) electrons.